The molecule has 7 nitrogen and oxygen atoms in total. The SMILES string of the molecule is O=C(CCCNc1ncccn1)N1CCN(c2ccncc2)CC1. The maximum Gasteiger partial charge on any atom is 0.222 e. The molecule has 1 amide bonds. The van der Waals surface area contributed by atoms with Crippen molar-refractivity contribution < 1.29 is 4.79 Å². The second-order valence-corrected chi connectivity index (χ2v) is 5.68. The van der Waals surface area contributed by atoms with Gasteiger partial charge in [0.05, 0.1) is 0 Å². The fourth-order valence-corrected chi connectivity index (χ4v) is 2.76. The minimum absolute atomic E-state index is 0.222. The van der Waals surface area contributed by atoms with E-state index in [1.54, 1.807) is 30.9 Å². The van der Waals surface area contributed by atoms with Crippen LogP contribution in [-0.4, -0.2) is 58.5 Å². The second kappa shape index (κ2) is 8.24. The molecule has 3 heterocycles. The summed E-state index contributed by atoms with van der Waals surface area (Å²) in [6, 6.07) is 5.80. The second-order valence-electron chi connectivity index (χ2n) is 5.68. The summed E-state index contributed by atoms with van der Waals surface area (Å²) in [5, 5.41) is 3.12. The van der Waals surface area contributed by atoms with Crippen molar-refractivity contribution in [1.82, 2.24) is 19.9 Å². The molecule has 0 aliphatic carbocycles. The molecule has 1 N–H and O–H groups in total. The Morgan fingerprint density at radius 2 is 1.75 bits per heavy atom. The smallest absolute Gasteiger partial charge is 0.222 e. The highest BCUT2D eigenvalue weighted by Crippen LogP contribution is 2.15. The van der Waals surface area contributed by atoms with Gasteiger partial charge in [-0.15, -0.1) is 0 Å². The van der Waals surface area contributed by atoms with Crippen LogP contribution in [0, 0.1) is 0 Å². The molecule has 1 aliphatic rings. The summed E-state index contributed by atoms with van der Waals surface area (Å²) in [6.07, 6.45) is 8.33. The average molecular weight is 326 g/mol. The Morgan fingerprint density at radius 3 is 2.46 bits per heavy atom. The number of hydrogen-bond acceptors (Lipinski definition) is 6. The Labute approximate surface area is 141 Å². The summed E-state index contributed by atoms with van der Waals surface area (Å²) in [4.78, 5) is 28.8. The Bertz CT molecular complexity index is 628. The highest BCUT2D eigenvalue weighted by molar-refractivity contribution is 5.76. The zero-order chi connectivity index (χ0) is 16.6. The van der Waals surface area contributed by atoms with Crippen LogP contribution in [0.1, 0.15) is 12.8 Å². The predicted molar refractivity (Wildman–Crippen MR) is 92.8 cm³/mol. The normalized spacial score (nSPS) is 14.5. The number of aromatic nitrogens is 3. The summed E-state index contributed by atoms with van der Waals surface area (Å²) in [7, 11) is 0. The Hall–Kier alpha value is -2.70. The molecule has 0 bridgehead atoms. The van der Waals surface area contributed by atoms with Gasteiger partial charge in [-0.25, -0.2) is 9.97 Å². The van der Waals surface area contributed by atoms with E-state index < -0.39 is 0 Å². The first kappa shape index (κ1) is 16.2. The molecule has 2 aromatic heterocycles. The Balaban J connectivity index is 1.36. The third-order valence-corrected chi connectivity index (χ3v) is 4.08. The van der Waals surface area contributed by atoms with E-state index in [1.165, 1.54) is 5.69 Å². The molecule has 1 saturated heterocycles. The first-order valence-corrected chi connectivity index (χ1v) is 8.26. The van der Waals surface area contributed by atoms with Crippen LogP contribution in [0.15, 0.2) is 43.0 Å². The zero-order valence-electron chi connectivity index (χ0n) is 13.6. The van der Waals surface area contributed by atoms with Crippen LogP contribution in [0.5, 0.6) is 0 Å². The van der Waals surface area contributed by atoms with Crippen molar-refractivity contribution in [3.8, 4) is 0 Å². The fraction of sp³-hybridized carbons (Fsp3) is 0.412. The number of carbonyl (C=O) groups excluding carboxylic acids is 1. The van der Waals surface area contributed by atoms with Gasteiger partial charge in [-0.1, -0.05) is 0 Å². The molecule has 1 aliphatic heterocycles. The molecule has 3 rings (SSSR count). The van der Waals surface area contributed by atoms with Gasteiger partial charge in [0.15, 0.2) is 0 Å². The molecule has 0 atom stereocenters. The summed E-state index contributed by atoms with van der Waals surface area (Å²) in [5.74, 6) is 0.830. The van der Waals surface area contributed by atoms with Gasteiger partial charge in [0.25, 0.3) is 0 Å². The molecular weight excluding hydrogens is 304 g/mol. The monoisotopic (exact) mass is 326 g/mol. The van der Waals surface area contributed by atoms with Crippen LogP contribution in [0.2, 0.25) is 0 Å². The Morgan fingerprint density at radius 1 is 1.04 bits per heavy atom. The van der Waals surface area contributed by atoms with Crippen LogP contribution in [0.3, 0.4) is 0 Å². The fourth-order valence-electron chi connectivity index (χ4n) is 2.76. The maximum atomic E-state index is 12.3. The zero-order valence-corrected chi connectivity index (χ0v) is 13.6. The summed E-state index contributed by atoms with van der Waals surface area (Å²) in [6.45, 7) is 3.98. The molecule has 126 valence electrons. The topological polar surface area (TPSA) is 74.2 Å². The van der Waals surface area contributed by atoms with Gasteiger partial charge in [-0.05, 0) is 24.6 Å². The molecule has 0 spiro atoms. The predicted octanol–water partition coefficient (Wildman–Crippen LogP) is 1.41. The van der Waals surface area contributed by atoms with Crippen molar-refractivity contribution in [2.75, 3.05) is 42.9 Å². The summed E-state index contributed by atoms with van der Waals surface area (Å²) >= 11 is 0. The lowest BCUT2D eigenvalue weighted by molar-refractivity contribution is -0.131. The van der Waals surface area contributed by atoms with Gasteiger partial charge in [0, 0.05) is 69.6 Å². The van der Waals surface area contributed by atoms with Crippen LogP contribution in [0.4, 0.5) is 11.6 Å². The van der Waals surface area contributed by atoms with E-state index in [4.69, 9.17) is 0 Å². The minimum Gasteiger partial charge on any atom is -0.368 e. The number of nitrogens with one attached hydrogen (secondary N) is 1. The molecule has 7 heteroatoms. The average Bonchev–Trinajstić information content (AvgIpc) is 2.67. The quantitative estimate of drug-likeness (QED) is 0.809. The number of carbonyl (C=O) groups is 1. The molecule has 2 aromatic rings. The molecule has 0 saturated carbocycles. The van der Waals surface area contributed by atoms with Gasteiger partial charge in [-0.3, -0.25) is 9.78 Å². The van der Waals surface area contributed by atoms with E-state index in [0.717, 1.165) is 32.6 Å². The van der Waals surface area contributed by atoms with Crippen LogP contribution in [-0.2, 0) is 4.79 Å². The van der Waals surface area contributed by atoms with Crippen LogP contribution < -0.4 is 10.2 Å². The first-order valence-electron chi connectivity index (χ1n) is 8.26. The molecule has 0 aromatic carbocycles. The van der Waals surface area contributed by atoms with Crippen LogP contribution >= 0.6 is 0 Å². The maximum absolute atomic E-state index is 12.3. The number of hydrogen-bond donors (Lipinski definition) is 1. The van der Waals surface area contributed by atoms with Gasteiger partial charge in [-0.2, -0.15) is 0 Å². The standard InChI is InChI=1S/C17H22N6O/c24-16(3-1-6-19-17-20-7-2-8-21-17)23-13-11-22(12-14-23)15-4-9-18-10-5-15/h2,4-5,7-10H,1,3,6,11-14H2,(H,19,20,21). The van der Waals surface area contributed by atoms with E-state index in [2.05, 4.69) is 25.2 Å². The molecule has 24 heavy (non-hydrogen) atoms. The molecule has 0 unspecified atom stereocenters. The lowest BCUT2D eigenvalue weighted by atomic mass is 10.2. The number of nitrogens with zero attached hydrogens (tertiary/aromatic N) is 5. The molecular formula is C17H22N6O. The number of amides is 1. The third-order valence-electron chi connectivity index (χ3n) is 4.08. The summed E-state index contributed by atoms with van der Waals surface area (Å²) in [5.41, 5.74) is 1.17. The lowest BCUT2D eigenvalue weighted by Crippen LogP contribution is -2.48. The van der Waals surface area contributed by atoms with Crippen LogP contribution in [0.25, 0.3) is 0 Å². The van der Waals surface area contributed by atoms with Crippen molar-refractivity contribution in [2.24, 2.45) is 0 Å². The third kappa shape index (κ3) is 4.41. The first-order chi connectivity index (χ1) is 11.8. The van der Waals surface area contributed by atoms with Gasteiger partial charge in [0.2, 0.25) is 11.9 Å². The van der Waals surface area contributed by atoms with E-state index in [9.17, 15) is 4.79 Å². The number of pyridine rings is 1. The van der Waals surface area contributed by atoms with Crippen molar-refractivity contribution in [3.63, 3.8) is 0 Å². The van der Waals surface area contributed by atoms with E-state index >= 15 is 0 Å². The van der Waals surface area contributed by atoms with E-state index in [-0.39, 0.29) is 5.91 Å². The van der Waals surface area contributed by atoms with Gasteiger partial charge in [0.1, 0.15) is 0 Å². The van der Waals surface area contributed by atoms with Crippen molar-refractivity contribution >= 4 is 17.5 Å². The van der Waals surface area contributed by atoms with Gasteiger partial charge >= 0.3 is 0 Å². The number of anilines is 2. The van der Waals surface area contributed by atoms with Crippen molar-refractivity contribution in [3.05, 3.63) is 43.0 Å². The van der Waals surface area contributed by atoms with Crippen molar-refractivity contribution in [1.29, 1.82) is 0 Å². The van der Waals surface area contributed by atoms with Gasteiger partial charge < -0.3 is 15.1 Å². The largest absolute Gasteiger partial charge is 0.368 e. The highest BCUT2D eigenvalue weighted by atomic mass is 16.2. The number of rotatable bonds is 6. The molecule has 0 radical (unpaired) electrons. The molecule has 1 fully saturated rings. The van der Waals surface area contributed by atoms with E-state index in [1.807, 2.05) is 17.0 Å². The number of piperazine rings is 1. The lowest BCUT2D eigenvalue weighted by Gasteiger charge is -2.36. The highest BCUT2D eigenvalue weighted by Gasteiger charge is 2.20. The van der Waals surface area contributed by atoms with Crippen molar-refractivity contribution in [2.45, 2.75) is 12.8 Å². The Kier molecular flexibility index (Phi) is 5.55. The minimum atomic E-state index is 0.222. The summed E-state index contributed by atoms with van der Waals surface area (Å²) < 4.78 is 0. The van der Waals surface area contributed by atoms with E-state index in [0.29, 0.717) is 18.9 Å².